The van der Waals surface area contributed by atoms with Crippen molar-refractivity contribution >= 4 is 50.5 Å². The summed E-state index contributed by atoms with van der Waals surface area (Å²) in [6.07, 6.45) is -1.88. The summed E-state index contributed by atoms with van der Waals surface area (Å²) < 4.78 is 84.0. The number of alkyl halides is 3. The third-order valence-corrected chi connectivity index (χ3v) is 14.1. The zero-order valence-corrected chi connectivity index (χ0v) is 34.8. The van der Waals surface area contributed by atoms with E-state index in [1.165, 1.54) is 19.4 Å². The van der Waals surface area contributed by atoms with Crippen LogP contribution in [0.15, 0.2) is 36.5 Å². The first-order valence-corrected chi connectivity index (χ1v) is 21.5. The smallest absolute Gasteiger partial charge is 0.411 e. The number of carboxylic acid groups (broad SMARTS) is 1. The van der Waals surface area contributed by atoms with Gasteiger partial charge in [-0.3, -0.25) is 28.8 Å². The number of primary amides is 1. The maximum Gasteiger partial charge on any atom is 0.411 e. The summed E-state index contributed by atoms with van der Waals surface area (Å²) in [4.78, 5) is 74.4. The Hall–Kier alpha value is -5.14. The number of aromatic nitrogens is 1. The van der Waals surface area contributed by atoms with Gasteiger partial charge >= 0.3 is 12.3 Å². The van der Waals surface area contributed by atoms with Crippen molar-refractivity contribution < 1.29 is 60.1 Å². The number of sulfonamides is 1. The molecule has 2 aromatic rings. The molecule has 3 fully saturated rings. The number of pyridine rings is 1. The summed E-state index contributed by atoms with van der Waals surface area (Å²) in [5.41, 5.74) is 0.835. The Bertz CT molecular complexity index is 2200. The van der Waals surface area contributed by atoms with E-state index in [0.29, 0.717) is 56.1 Å². The first-order chi connectivity index (χ1) is 28.1. The third-order valence-electron chi connectivity index (χ3n) is 12.3. The highest BCUT2D eigenvalue weighted by atomic mass is 32.2. The van der Waals surface area contributed by atoms with Crippen molar-refractivity contribution in [3.63, 3.8) is 0 Å². The summed E-state index contributed by atoms with van der Waals surface area (Å²) in [6, 6.07) is 1.19. The molecule has 2 aliphatic heterocycles. The van der Waals surface area contributed by atoms with E-state index in [1.54, 1.807) is 31.2 Å². The topological polar surface area (TPSA) is 228 Å². The molecule has 0 unspecified atom stereocenters. The van der Waals surface area contributed by atoms with Crippen LogP contribution in [0.1, 0.15) is 89.4 Å². The molecule has 0 bridgehead atoms. The van der Waals surface area contributed by atoms with Crippen LogP contribution in [0.25, 0.3) is 10.8 Å². The Kier molecular flexibility index (Phi) is 12.1. The fourth-order valence-electron chi connectivity index (χ4n) is 8.44. The van der Waals surface area contributed by atoms with E-state index in [0.717, 1.165) is 4.90 Å². The van der Waals surface area contributed by atoms with Gasteiger partial charge in [0.2, 0.25) is 27.7 Å². The van der Waals surface area contributed by atoms with E-state index in [2.05, 4.69) is 15.0 Å². The van der Waals surface area contributed by atoms with Crippen LogP contribution in [0.5, 0.6) is 11.6 Å². The normalized spacial score (nSPS) is 27.8. The fraction of sp³-hybridized carbons (Fsp3) is 0.600. The first-order valence-electron chi connectivity index (χ1n) is 19.9. The standard InChI is InChI=1S/C40H51F3N6O10S/c1-6-22-15-21(2)9-7-8-10-23-18-39(23,36(53)47-60(56,57)26-12-13-26)46-33(51)30-17-25(20-48(30)35(52)31(22)49(37(54)55)38(3,4)40(41,42)43)59-34-27-14-11-24(58-5)16-28(27)29(19-45-34)32(44)50/h8,10-11,14,16,19,21-23,25-26,30-31H,6-7,9,12-13,15,17-18,20H2,1-5H3,(H2,44,50)(H,46,51)(H,47,53)(H,54,55)/t21-,22-,23-,25-,30+,31+,39-/m1/s1. The summed E-state index contributed by atoms with van der Waals surface area (Å²) >= 11 is 0. The van der Waals surface area contributed by atoms with Crippen molar-refractivity contribution in [3.05, 3.63) is 42.1 Å². The number of nitrogens with one attached hydrogen (secondary N) is 2. The van der Waals surface area contributed by atoms with Crippen LogP contribution in [0.2, 0.25) is 0 Å². The monoisotopic (exact) mass is 864 g/mol. The number of amides is 5. The average molecular weight is 865 g/mol. The lowest BCUT2D eigenvalue weighted by molar-refractivity contribution is -0.222. The van der Waals surface area contributed by atoms with E-state index in [4.69, 9.17) is 15.2 Å². The largest absolute Gasteiger partial charge is 0.497 e. The number of hydrogen-bond acceptors (Lipinski definition) is 10. The maximum absolute atomic E-state index is 15.1. The second-order valence-corrected chi connectivity index (χ2v) is 18.8. The number of nitrogens with two attached hydrogens (primary N) is 1. The number of methoxy groups -OCH3 is 1. The molecule has 2 aliphatic carbocycles. The number of benzene rings is 1. The number of fused-ring (bicyclic) bond motifs is 3. The summed E-state index contributed by atoms with van der Waals surface area (Å²) in [6.45, 7) is 4.42. The van der Waals surface area contributed by atoms with Gasteiger partial charge in [-0.05, 0) is 82.4 Å². The Labute approximate surface area is 345 Å². The van der Waals surface area contributed by atoms with Gasteiger partial charge in [0.1, 0.15) is 35.0 Å². The Morgan fingerprint density at radius 1 is 1.13 bits per heavy atom. The number of allylic oxidation sites excluding steroid dienone is 1. The Morgan fingerprint density at radius 3 is 2.43 bits per heavy atom. The Morgan fingerprint density at radius 2 is 1.83 bits per heavy atom. The van der Waals surface area contributed by atoms with Gasteiger partial charge in [0.05, 0.1) is 24.5 Å². The van der Waals surface area contributed by atoms with Crippen LogP contribution >= 0.6 is 0 Å². The van der Waals surface area contributed by atoms with E-state index in [-0.39, 0.29) is 47.9 Å². The molecule has 0 radical (unpaired) electrons. The van der Waals surface area contributed by atoms with Crippen molar-refractivity contribution in [2.75, 3.05) is 13.7 Å². The number of nitrogens with zero attached hydrogens (tertiary/aromatic N) is 3. The summed E-state index contributed by atoms with van der Waals surface area (Å²) in [5.74, 6) is -5.23. The van der Waals surface area contributed by atoms with Crippen LogP contribution in [-0.4, -0.2) is 112 Å². The minimum Gasteiger partial charge on any atom is -0.497 e. The van der Waals surface area contributed by atoms with Crippen LogP contribution in [0, 0.1) is 17.8 Å². The molecule has 328 valence electrons. The van der Waals surface area contributed by atoms with Crippen molar-refractivity contribution in [1.29, 1.82) is 0 Å². The molecule has 3 heterocycles. The van der Waals surface area contributed by atoms with E-state index < -0.39 is 98.8 Å². The van der Waals surface area contributed by atoms with E-state index >= 15 is 4.79 Å². The molecule has 5 amide bonds. The number of hydrogen-bond donors (Lipinski definition) is 4. The second-order valence-electron chi connectivity index (χ2n) is 16.9. The van der Waals surface area contributed by atoms with Crippen molar-refractivity contribution in [3.8, 4) is 11.6 Å². The van der Waals surface area contributed by atoms with Gasteiger partial charge in [-0.2, -0.15) is 13.2 Å². The number of carbonyl (C=O) groups is 5. The van der Waals surface area contributed by atoms with Crippen molar-refractivity contribution in [2.45, 2.75) is 120 Å². The second kappa shape index (κ2) is 16.4. The molecule has 60 heavy (non-hydrogen) atoms. The molecule has 16 nitrogen and oxygen atoms in total. The summed E-state index contributed by atoms with van der Waals surface area (Å²) in [5, 5.41) is 13.1. The lowest BCUT2D eigenvalue weighted by Gasteiger charge is -2.46. The molecule has 1 aromatic heterocycles. The average Bonchev–Trinajstić information content (AvgIpc) is 4.10. The molecule has 2 saturated carbocycles. The zero-order valence-electron chi connectivity index (χ0n) is 34.0. The predicted octanol–water partition coefficient (Wildman–Crippen LogP) is 4.27. The van der Waals surface area contributed by atoms with Gasteiger partial charge in [0.25, 0.3) is 11.8 Å². The van der Waals surface area contributed by atoms with Crippen LogP contribution in [0.3, 0.4) is 0 Å². The van der Waals surface area contributed by atoms with Gasteiger partial charge < -0.3 is 30.5 Å². The molecule has 5 N–H and O–H groups in total. The highest BCUT2D eigenvalue weighted by Crippen LogP contribution is 2.47. The molecule has 0 spiro atoms. The Balaban J connectivity index is 1.45. The quantitative estimate of drug-likeness (QED) is 0.247. The first kappa shape index (κ1) is 44.4. The van der Waals surface area contributed by atoms with Crippen molar-refractivity contribution in [1.82, 2.24) is 24.8 Å². The van der Waals surface area contributed by atoms with Crippen molar-refractivity contribution in [2.24, 2.45) is 23.5 Å². The highest BCUT2D eigenvalue weighted by molar-refractivity contribution is 7.91. The lowest BCUT2D eigenvalue weighted by atomic mass is 9.82. The van der Waals surface area contributed by atoms with Gasteiger partial charge in [-0.25, -0.2) is 18.2 Å². The van der Waals surface area contributed by atoms with Crippen LogP contribution < -0.4 is 25.2 Å². The highest BCUT2D eigenvalue weighted by Gasteiger charge is 2.63. The molecule has 7 atom stereocenters. The van der Waals surface area contributed by atoms with Gasteiger partial charge in [0.15, 0.2) is 0 Å². The van der Waals surface area contributed by atoms with Gasteiger partial charge in [0, 0.05) is 29.3 Å². The summed E-state index contributed by atoms with van der Waals surface area (Å²) in [7, 11) is -2.63. The van der Waals surface area contributed by atoms with Gasteiger partial charge in [-0.15, -0.1) is 0 Å². The van der Waals surface area contributed by atoms with Gasteiger partial charge in [-0.1, -0.05) is 32.4 Å². The van der Waals surface area contributed by atoms with Crippen LogP contribution in [-0.2, 0) is 24.4 Å². The predicted molar refractivity (Wildman–Crippen MR) is 210 cm³/mol. The third kappa shape index (κ3) is 8.56. The number of carbonyl (C=O) groups excluding carboxylic acids is 4. The van der Waals surface area contributed by atoms with E-state index in [9.17, 15) is 45.9 Å². The fourth-order valence-corrected chi connectivity index (χ4v) is 9.81. The van der Waals surface area contributed by atoms with Crippen LogP contribution in [0.4, 0.5) is 18.0 Å². The minimum absolute atomic E-state index is 0.0239. The molecular formula is C40H51F3N6O10S. The molecular weight excluding hydrogens is 814 g/mol. The molecule has 6 rings (SSSR count). The zero-order chi connectivity index (χ0) is 44.1. The number of halogens is 3. The molecule has 1 aromatic carbocycles. The lowest BCUT2D eigenvalue weighted by Crippen LogP contribution is -2.66. The minimum atomic E-state index is -5.13. The molecule has 1 saturated heterocycles. The number of ether oxygens (including phenoxy) is 2. The molecule has 20 heteroatoms. The maximum atomic E-state index is 15.1. The SMILES string of the molecule is CC[C@@H]1C[C@H](C)CCC=C[C@@H]2C[C@@]2(C(=O)NS(=O)(=O)C2CC2)NC(=O)[C@@H]2C[C@@H](Oc3ncc(C(N)=O)c4cc(OC)ccc34)CN2C(=O)[C@H]1N(C(=O)O)C(C)(C)C(F)(F)F. The van der Waals surface area contributed by atoms with E-state index in [1.807, 2.05) is 6.92 Å². The number of rotatable bonds is 10. The molecule has 4 aliphatic rings.